The standard InChI is InChI=1S/C15H24FN3S/c1-17-15(18-10-5-6-12-20-2)19-11-9-13-7-3-4-8-14(13)16/h3-4,7-8H,5-6,9-12H2,1-2H3,(H2,17,18,19). The van der Waals surface area contributed by atoms with Crippen LogP contribution in [0.2, 0.25) is 0 Å². The Bertz CT molecular complexity index is 410. The van der Waals surface area contributed by atoms with Crippen LogP contribution in [0, 0.1) is 5.82 Å². The van der Waals surface area contributed by atoms with Crippen LogP contribution in [0.1, 0.15) is 18.4 Å². The van der Waals surface area contributed by atoms with Crippen molar-refractivity contribution < 1.29 is 4.39 Å². The summed E-state index contributed by atoms with van der Waals surface area (Å²) < 4.78 is 13.4. The molecule has 0 fully saturated rings. The van der Waals surface area contributed by atoms with Gasteiger partial charge in [0, 0.05) is 20.1 Å². The van der Waals surface area contributed by atoms with Crippen LogP contribution < -0.4 is 10.6 Å². The van der Waals surface area contributed by atoms with E-state index in [-0.39, 0.29) is 5.82 Å². The van der Waals surface area contributed by atoms with Gasteiger partial charge in [-0.3, -0.25) is 4.99 Å². The van der Waals surface area contributed by atoms with E-state index in [2.05, 4.69) is 21.9 Å². The van der Waals surface area contributed by atoms with E-state index in [1.165, 1.54) is 18.2 Å². The maximum atomic E-state index is 13.4. The van der Waals surface area contributed by atoms with Crippen LogP contribution >= 0.6 is 11.8 Å². The number of hydrogen-bond donors (Lipinski definition) is 2. The molecule has 1 aromatic carbocycles. The van der Waals surface area contributed by atoms with Crippen molar-refractivity contribution >= 4 is 17.7 Å². The molecule has 0 amide bonds. The van der Waals surface area contributed by atoms with Crippen molar-refractivity contribution in [2.75, 3.05) is 32.1 Å². The number of rotatable bonds is 8. The third-order valence-corrected chi connectivity index (χ3v) is 3.63. The quantitative estimate of drug-likeness (QED) is 0.440. The zero-order valence-electron chi connectivity index (χ0n) is 12.3. The van der Waals surface area contributed by atoms with Gasteiger partial charge in [0.1, 0.15) is 5.82 Å². The van der Waals surface area contributed by atoms with Crippen molar-refractivity contribution in [2.24, 2.45) is 4.99 Å². The average molecular weight is 297 g/mol. The number of hydrogen-bond acceptors (Lipinski definition) is 2. The molecule has 0 aliphatic rings. The van der Waals surface area contributed by atoms with Gasteiger partial charge in [-0.1, -0.05) is 18.2 Å². The summed E-state index contributed by atoms with van der Waals surface area (Å²) in [7, 11) is 1.75. The fourth-order valence-electron chi connectivity index (χ4n) is 1.82. The number of nitrogens with zero attached hydrogens (tertiary/aromatic N) is 1. The Balaban J connectivity index is 2.20. The Hall–Kier alpha value is -1.23. The molecule has 0 saturated carbocycles. The van der Waals surface area contributed by atoms with E-state index in [1.807, 2.05) is 23.9 Å². The second kappa shape index (κ2) is 10.5. The van der Waals surface area contributed by atoms with Gasteiger partial charge < -0.3 is 10.6 Å². The lowest BCUT2D eigenvalue weighted by Crippen LogP contribution is -2.38. The topological polar surface area (TPSA) is 36.4 Å². The molecule has 112 valence electrons. The highest BCUT2D eigenvalue weighted by atomic mass is 32.2. The second-order valence-corrected chi connectivity index (χ2v) is 5.45. The van der Waals surface area contributed by atoms with Crippen molar-refractivity contribution in [3.05, 3.63) is 35.6 Å². The van der Waals surface area contributed by atoms with Crippen LogP contribution in [0.3, 0.4) is 0 Å². The smallest absolute Gasteiger partial charge is 0.190 e. The van der Waals surface area contributed by atoms with Crippen molar-refractivity contribution in [3.63, 3.8) is 0 Å². The Morgan fingerprint density at radius 2 is 1.95 bits per heavy atom. The minimum atomic E-state index is -0.144. The highest BCUT2D eigenvalue weighted by molar-refractivity contribution is 7.98. The molecule has 0 radical (unpaired) electrons. The van der Waals surface area contributed by atoms with Crippen LogP contribution in [0.25, 0.3) is 0 Å². The molecule has 0 aromatic heterocycles. The van der Waals surface area contributed by atoms with Gasteiger partial charge in [-0.15, -0.1) is 0 Å². The molecule has 3 nitrogen and oxygen atoms in total. The third kappa shape index (κ3) is 6.80. The predicted octanol–water partition coefficient (Wildman–Crippen LogP) is 2.68. The first-order valence-corrected chi connectivity index (χ1v) is 8.34. The number of guanidine groups is 1. The first-order chi connectivity index (χ1) is 9.77. The number of nitrogens with one attached hydrogen (secondary N) is 2. The molecule has 0 unspecified atom stereocenters. The first kappa shape index (κ1) is 16.8. The van der Waals surface area contributed by atoms with Crippen LogP contribution in [0.5, 0.6) is 0 Å². The van der Waals surface area contributed by atoms with Gasteiger partial charge in [0.05, 0.1) is 0 Å². The summed E-state index contributed by atoms with van der Waals surface area (Å²) in [6, 6.07) is 6.88. The molecule has 0 bridgehead atoms. The summed E-state index contributed by atoms with van der Waals surface area (Å²) in [5.41, 5.74) is 0.732. The monoisotopic (exact) mass is 297 g/mol. The molecule has 5 heteroatoms. The molecular weight excluding hydrogens is 273 g/mol. The van der Waals surface area contributed by atoms with Crippen molar-refractivity contribution in [2.45, 2.75) is 19.3 Å². The van der Waals surface area contributed by atoms with Crippen molar-refractivity contribution in [1.82, 2.24) is 10.6 Å². The molecule has 1 rings (SSSR count). The van der Waals surface area contributed by atoms with E-state index in [1.54, 1.807) is 13.1 Å². The Morgan fingerprint density at radius 1 is 1.20 bits per heavy atom. The van der Waals surface area contributed by atoms with Gasteiger partial charge in [0.25, 0.3) is 0 Å². The molecule has 0 heterocycles. The highest BCUT2D eigenvalue weighted by Gasteiger charge is 2.01. The Kier molecular flexibility index (Phi) is 8.87. The minimum absolute atomic E-state index is 0.144. The molecule has 0 aliphatic heterocycles. The molecule has 0 spiro atoms. The van der Waals surface area contributed by atoms with Crippen LogP contribution in [-0.2, 0) is 6.42 Å². The van der Waals surface area contributed by atoms with E-state index in [9.17, 15) is 4.39 Å². The van der Waals surface area contributed by atoms with E-state index in [4.69, 9.17) is 0 Å². The zero-order chi connectivity index (χ0) is 14.6. The van der Waals surface area contributed by atoms with Crippen molar-refractivity contribution in [3.8, 4) is 0 Å². The van der Waals surface area contributed by atoms with Gasteiger partial charge in [0.2, 0.25) is 0 Å². The number of unbranched alkanes of at least 4 members (excludes halogenated alkanes) is 1. The predicted molar refractivity (Wildman–Crippen MR) is 87.1 cm³/mol. The van der Waals surface area contributed by atoms with E-state index in [0.29, 0.717) is 13.0 Å². The number of benzene rings is 1. The molecule has 20 heavy (non-hydrogen) atoms. The fraction of sp³-hybridized carbons (Fsp3) is 0.533. The average Bonchev–Trinajstić information content (AvgIpc) is 2.47. The summed E-state index contributed by atoms with van der Waals surface area (Å²) in [5, 5.41) is 6.47. The normalized spacial score (nSPS) is 11.4. The number of halogens is 1. The van der Waals surface area contributed by atoms with Crippen LogP contribution in [-0.4, -0.2) is 38.1 Å². The largest absolute Gasteiger partial charge is 0.356 e. The summed E-state index contributed by atoms with van der Waals surface area (Å²) in [6.45, 7) is 1.59. The third-order valence-electron chi connectivity index (χ3n) is 2.94. The van der Waals surface area contributed by atoms with Crippen molar-refractivity contribution in [1.29, 1.82) is 0 Å². The highest BCUT2D eigenvalue weighted by Crippen LogP contribution is 2.06. The summed E-state index contributed by atoms with van der Waals surface area (Å²) >= 11 is 1.87. The van der Waals surface area contributed by atoms with Gasteiger partial charge in [-0.05, 0) is 42.9 Å². The molecular formula is C15H24FN3S. The van der Waals surface area contributed by atoms with Gasteiger partial charge in [-0.2, -0.15) is 11.8 Å². The van der Waals surface area contributed by atoms with E-state index in [0.717, 1.165) is 24.5 Å². The second-order valence-electron chi connectivity index (χ2n) is 4.47. The van der Waals surface area contributed by atoms with Crippen LogP contribution in [0.4, 0.5) is 4.39 Å². The summed E-state index contributed by atoms with van der Waals surface area (Å²) in [6.07, 6.45) is 5.12. The SMILES string of the molecule is CN=C(NCCCCSC)NCCc1ccccc1F. The Morgan fingerprint density at radius 3 is 2.65 bits per heavy atom. The lowest BCUT2D eigenvalue weighted by atomic mass is 10.1. The maximum absolute atomic E-state index is 13.4. The minimum Gasteiger partial charge on any atom is -0.356 e. The fourth-order valence-corrected chi connectivity index (χ4v) is 2.31. The summed E-state index contributed by atoms with van der Waals surface area (Å²) in [4.78, 5) is 4.15. The maximum Gasteiger partial charge on any atom is 0.190 e. The molecule has 1 aromatic rings. The molecule has 2 N–H and O–H groups in total. The van der Waals surface area contributed by atoms with Gasteiger partial charge in [0.15, 0.2) is 5.96 Å². The zero-order valence-corrected chi connectivity index (χ0v) is 13.1. The van der Waals surface area contributed by atoms with E-state index >= 15 is 0 Å². The molecule has 0 saturated heterocycles. The molecule has 0 aliphatic carbocycles. The van der Waals surface area contributed by atoms with Gasteiger partial charge >= 0.3 is 0 Å². The first-order valence-electron chi connectivity index (χ1n) is 6.94. The number of aliphatic imine (C=N–C) groups is 1. The lowest BCUT2D eigenvalue weighted by molar-refractivity contribution is 0.606. The van der Waals surface area contributed by atoms with Gasteiger partial charge in [-0.25, -0.2) is 4.39 Å². The molecule has 0 atom stereocenters. The summed E-state index contributed by atoms with van der Waals surface area (Å²) in [5.74, 6) is 1.83. The van der Waals surface area contributed by atoms with Crippen LogP contribution in [0.15, 0.2) is 29.3 Å². The Labute approximate surface area is 125 Å². The lowest BCUT2D eigenvalue weighted by Gasteiger charge is -2.12. The number of thioether (sulfide) groups is 1. The van der Waals surface area contributed by atoms with E-state index < -0.39 is 0 Å².